The van der Waals surface area contributed by atoms with E-state index in [1.54, 1.807) is 0 Å². The molecule has 1 atom stereocenters. The number of rotatable bonds is 3. The number of hydrogen-bond acceptors (Lipinski definition) is 3. The van der Waals surface area contributed by atoms with Crippen LogP contribution in [0.2, 0.25) is 0 Å². The van der Waals surface area contributed by atoms with Gasteiger partial charge in [0.1, 0.15) is 0 Å². The van der Waals surface area contributed by atoms with Crippen LogP contribution in [0, 0.1) is 12.0 Å². The molecule has 0 saturated carbocycles. The predicted molar refractivity (Wildman–Crippen MR) is 59.0 cm³/mol. The topological polar surface area (TPSA) is 68.6 Å². The van der Waals surface area contributed by atoms with Gasteiger partial charge in [-0.2, -0.15) is 4.39 Å². The van der Waals surface area contributed by atoms with Crippen molar-refractivity contribution in [2.24, 2.45) is 5.92 Å². The van der Waals surface area contributed by atoms with Crippen molar-refractivity contribution in [3.05, 3.63) is 17.7 Å². The van der Waals surface area contributed by atoms with Gasteiger partial charge in [0, 0.05) is 0 Å². The van der Waals surface area contributed by atoms with E-state index in [4.69, 9.17) is 0 Å². The Bertz CT molecular complexity index is 493. The van der Waals surface area contributed by atoms with Crippen LogP contribution in [0.25, 0.3) is 16.5 Å². The van der Waals surface area contributed by atoms with E-state index in [0.717, 1.165) is 0 Å². The molecule has 0 aromatic carbocycles. The molecule has 0 aliphatic heterocycles. The predicted octanol–water partition coefficient (Wildman–Crippen LogP) is 2.54. The highest BCUT2D eigenvalue weighted by Gasteiger charge is 2.06. The summed E-state index contributed by atoms with van der Waals surface area (Å²) < 4.78 is 13.1. The Morgan fingerprint density at radius 1 is 1.31 bits per heavy atom. The number of nitrogens with zero attached hydrogens (tertiary/aromatic N) is 4. The van der Waals surface area contributed by atoms with Crippen LogP contribution in [0.3, 0.4) is 0 Å². The molecule has 0 aliphatic rings. The second kappa shape index (κ2) is 4.03. The first kappa shape index (κ1) is 10.8. The lowest BCUT2D eigenvalue weighted by molar-refractivity contribution is 0.541. The summed E-state index contributed by atoms with van der Waals surface area (Å²) in [6.07, 6.45) is 0.659. The van der Waals surface area contributed by atoms with Gasteiger partial charge in [-0.05, 0) is 17.8 Å². The zero-order valence-corrected chi connectivity index (χ0v) is 9.40. The van der Waals surface area contributed by atoms with Gasteiger partial charge >= 0.3 is 0 Å². The molecule has 1 N–H and O–H groups in total. The summed E-state index contributed by atoms with van der Waals surface area (Å²) >= 11 is 0. The van der Waals surface area contributed by atoms with Crippen LogP contribution >= 0.6 is 0 Å². The maximum Gasteiger partial charge on any atom is 0.208 e. The normalized spacial score (nSPS) is 13.3. The van der Waals surface area contributed by atoms with Crippen molar-refractivity contribution in [1.29, 1.82) is 0 Å². The largest absolute Gasteiger partial charge is 0.460 e. The minimum absolute atomic E-state index is 0.0702. The third kappa shape index (κ3) is 1.95. The van der Waals surface area contributed by atoms with Crippen LogP contribution in [0.5, 0.6) is 0 Å². The molecule has 0 spiro atoms. The number of aromatic nitrogens is 4. The molecule has 1 unspecified atom stereocenters. The third-order valence-corrected chi connectivity index (χ3v) is 2.53. The highest BCUT2D eigenvalue weighted by Crippen LogP contribution is 2.28. The Labute approximate surface area is 92.5 Å². The van der Waals surface area contributed by atoms with Gasteiger partial charge in [-0.1, -0.05) is 20.8 Å². The second-order valence-electron chi connectivity index (χ2n) is 4.03. The molecule has 0 aliphatic carbocycles. The summed E-state index contributed by atoms with van der Waals surface area (Å²) in [5, 5.41) is 4.36. The smallest absolute Gasteiger partial charge is 0.208 e. The van der Waals surface area contributed by atoms with Gasteiger partial charge in [0.15, 0.2) is 5.65 Å². The number of halogens is 1. The summed E-state index contributed by atoms with van der Waals surface area (Å²) in [5.74, 6) is 0.706. The molecule has 16 heavy (non-hydrogen) atoms. The zero-order chi connectivity index (χ0) is 11.7. The van der Waals surface area contributed by atoms with Gasteiger partial charge in [0.25, 0.3) is 0 Å². The standard InChI is InChI=1S/C10H13FN5/c1-5(2)6(3)14-9-7-8(13-4-12-7)15-10(11)16-9/h4-6H,1-3H3,(H-,12,13,14,15,16)/q-1. The van der Waals surface area contributed by atoms with E-state index in [9.17, 15) is 4.39 Å². The number of H-pyrrole nitrogens is 1. The van der Waals surface area contributed by atoms with Crippen LogP contribution in [-0.4, -0.2) is 26.0 Å². The maximum absolute atomic E-state index is 13.1. The van der Waals surface area contributed by atoms with Gasteiger partial charge in [-0.3, -0.25) is 0 Å². The molecule has 2 aromatic rings. The minimum atomic E-state index is -0.797. The fraction of sp³-hybridized carbons (Fsp3) is 0.500. The molecule has 0 fully saturated rings. The molecule has 2 heterocycles. The molecule has 2 aromatic heterocycles. The van der Waals surface area contributed by atoms with Crippen molar-refractivity contribution < 1.29 is 4.39 Å². The molecule has 0 amide bonds. The summed E-state index contributed by atoms with van der Waals surface area (Å²) in [4.78, 5) is 14.0. The van der Waals surface area contributed by atoms with Crippen molar-refractivity contribution >= 4 is 17.0 Å². The monoisotopic (exact) mass is 222 g/mol. The maximum atomic E-state index is 13.1. The zero-order valence-electron chi connectivity index (χ0n) is 9.40. The fourth-order valence-electron chi connectivity index (χ4n) is 1.23. The summed E-state index contributed by atoms with van der Waals surface area (Å²) in [6, 6.07) is 0.0702. The average Bonchev–Trinajstić information content (AvgIpc) is 2.65. The van der Waals surface area contributed by atoms with Crippen molar-refractivity contribution in [3.8, 4) is 0 Å². The Balaban J connectivity index is 2.39. The van der Waals surface area contributed by atoms with Gasteiger partial charge in [0.2, 0.25) is 6.08 Å². The first-order valence-electron chi connectivity index (χ1n) is 5.15. The molecule has 5 nitrogen and oxygen atoms in total. The lowest BCUT2D eigenvalue weighted by Crippen LogP contribution is -2.08. The Kier molecular flexibility index (Phi) is 2.72. The third-order valence-electron chi connectivity index (χ3n) is 2.53. The van der Waals surface area contributed by atoms with Crippen molar-refractivity contribution in [2.75, 3.05) is 0 Å². The quantitative estimate of drug-likeness (QED) is 0.811. The van der Waals surface area contributed by atoms with Crippen LogP contribution < -0.4 is 0 Å². The van der Waals surface area contributed by atoms with Gasteiger partial charge in [0.05, 0.1) is 11.8 Å². The highest BCUT2D eigenvalue weighted by atomic mass is 19.1. The number of imidazole rings is 1. The molecule has 0 saturated heterocycles. The van der Waals surface area contributed by atoms with E-state index in [1.807, 2.05) is 6.92 Å². The minimum Gasteiger partial charge on any atom is -0.460 e. The Hall–Kier alpha value is -1.72. The fourth-order valence-corrected chi connectivity index (χ4v) is 1.23. The summed E-state index contributed by atoms with van der Waals surface area (Å²) in [5.41, 5.74) is 0.885. The summed E-state index contributed by atoms with van der Waals surface area (Å²) in [7, 11) is 0. The molecule has 6 heteroatoms. The van der Waals surface area contributed by atoms with Crippen molar-refractivity contribution in [3.63, 3.8) is 0 Å². The van der Waals surface area contributed by atoms with E-state index in [2.05, 4.69) is 39.1 Å². The lowest BCUT2D eigenvalue weighted by Gasteiger charge is -2.25. The second-order valence-corrected chi connectivity index (χ2v) is 4.03. The van der Waals surface area contributed by atoms with Crippen LogP contribution in [-0.2, 0) is 0 Å². The lowest BCUT2D eigenvalue weighted by atomic mass is 10.1. The van der Waals surface area contributed by atoms with Crippen LogP contribution in [0.4, 0.5) is 10.2 Å². The van der Waals surface area contributed by atoms with Crippen LogP contribution in [0.15, 0.2) is 6.33 Å². The van der Waals surface area contributed by atoms with Gasteiger partial charge in [-0.15, -0.1) is 0 Å². The highest BCUT2D eigenvalue weighted by molar-refractivity contribution is 5.83. The number of fused-ring (bicyclic) bond motifs is 1. The van der Waals surface area contributed by atoms with Gasteiger partial charge < -0.3 is 15.3 Å². The molecular formula is C10H13FN5-. The van der Waals surface area contributed by atoms with Gasteiger partial charge in [-0.25, -0.2) is 9.97 Å². The van der Waals surface area contributed by atoms with E-state index in [-0.39, 0.29) is 6.04 Å². The van der Waals surface area contributed by atoms with Crippen LogP contribution in [0.1, 0.15) is 20.8 Å². The van der Waals surface area contributed by atoms with Crippen molar-refractivity contribution in [1.82, 2.24) is 19.9 Å². The van der Waals surface area contributed by atoms with E-state index >= 15 is 0 Å². The van der Waals surface area contributed by atoms with E-state index in [1.165, 1.54) is 6.33 Å². The summed E-state index contributed by atoms with van der Waals surface area (Å²) in [6.45, 7) is 6.07. The molecule has 2 rings (SSSR count). The van der Waals surface area contributed by atoms with E-state index < -0.39 is 6.08 Å². The van der Waals surface area contributed by atoms with Crippen molar-refractivity contribution in [2.45, 2.75) is 26.8 Å². The number of nitrogens with one attached hydrogen (secondary N) is 1. The SMILES string of the molecule is CC(C)C(C)[N-]c1nc(F)nc2nc[nH]c12. The molecule has 86 valence electrons. The number of aromatic amines is 1. The first-order chi connectivity index (χ1) is 7.58. The molecular weight excluding hydrogens is 209 g/mol. The average molecular weight is 222 g/mol. The Morgan fingerprint density at radius 3 is 2.75 bits per heavy atom. The molecule has 0 radical (unpaired) electrons. The Morgan fingerprint density at radius 2 is 2.06 bits per heavy atom. The molecule has 0 bridgehead atoms. The van der Waals surface area contributed by atoms with E-state index in [0.29, 0.717) is 22.9 Å². The first-order valence-corrected chi connectivity index (χ1v) is 5.15. The number of hydrogen-bond donors (Lipinski definition) is 1.